The van der Waals surface area contributed by atoms with Gasteiger partial charge in [-0.2, -0.15) is 5.26 Å². The fourth-order valence-corrected chi connectivity index (χ4v) is 6.14. The third-order valence-corrected chi connectivity index (χ3v) is 8.22. The highest BCUT2D eigenvalue weighted by Crippen LogP contribution is 2.38. The van der Waals surface area contributed by atoms with E-state index < -0.39 is 18.5 Å². The van der Waals surface area contributed by atoms with Crippen LogP contribution in [-0.2, 0) is 27.2 Å². The molecule has 0 spiro atoms. The number of carbonyl (C=O) groups excluding carboxylic acids is 3. The average Bonchev–Trinajstić information content (AvgIpc) is 3.54. The minimum absolute atomic E-state index is 0.0163. The fourth-order valence-electron chi connectivity index (χ4n) is 3.84. The molecule has 1 saturated carbocycles. The molecule has 0 bridgehead atoms. The third kappa shape index (κ3) is 4.71. The van der Waals surface area contributed by atoms with E-state index in [1.54, 1.807) is 6.92 Å². The Labute approximate surface area is 194 Å². The first-order chi connectivity index (χ1) is 15.4. The fraction of sp³-hybridized carbons (Fsp3) is 0.478. The molecule has 0 radical (unpaired) electrons. The molecule has 2 aromatic heterocycles. The first-order valence-corrected chi connectivity index (χ1v) is 12.4. The predicted octanol–water partition coefficient (Wildman–Crippen LogP) is 4.71. The molecule has 2 aliphatic rings. The number of esters is 1. The summed E-state index contributed by atoms with van der Waals surface area (Å²) in [7, 11) is 0. The summed E-state index contributed by atoms with van der Waals surface area (Å²) in [6.45, 7) is 3.21. The number of nitrogens with zero attached hydrogens (tertiary/aromatic N) is 1. The van der Waals surface area contributed by atoms with Crippen molar-refractivity contribution in [3.8, 4) is 6.07 Å². The minimum Gasteiger partial charge on any atom is -0.452 e. The molecule has 0 saturated heterocycles. The topological polar surface area (TPSA) is 108 Å². The van der Waals surface area contributed by atoms with E-state index >= 15 is 0 Å². The van der Waals surface area contributed by atoms with Crippen LogP contribution in [0.15, 0.2) is 0 Å². The van der Waals surface area contributed by atoms with E-state index in [4.69, 9.17) is 4.74 Å². The summed E-state index contributed by atoms with van der Waals surface area (Å²) in [5.74, 6) is -1.20. The Morgan fingerprint density at radius 1 is 1.06 bits per heavy atom. The van der Waals surface area contributed by atoms with Gasteiger partial charge in [0.15, 0.2) is 6.61 Å². The SMILES string of the molecule is Cc1sc(NC(=O)C2CC2)c(C(=O)OCC(=O)Nc2sc3c(c2C#N)CCCCC3)c1C. The summed E-state index contributed by atoms with van der Waals surface area (Å²) in [6, 6.07) is 2.23. The van der Waals surface area contributed by atoms with Gasteiger partial charge < -0.3 is 15.4 Å². The Kier molecular flexibility index (Phi) is 6.63. The number of aryl methyl sites for hydroxylation is 2. The van der Waals surface area contributed by atoms with Gasteiger partial charge in [0.25, 0.3) is 5.91 Å². The molecule has 0 aliphatic heterocycles. The lowest BCUT2D eigenvalue weighted by molar-refractivity contribution is -0.119. The molecule has 0 atom stereocenters. The molecule has 2 aromatic rings. The van der Waals surface area contributed by atoms with Crippen molar-refractivity contribution in [2.45, 2.75) is 58.8 Å². The normalized spacial score (nSPS) is 15.3. The number of amides is 2. The van der Waals surface area contributed by atoms with E-state index in [0.29, 0.717) is 21.1 Å². The number of anilines is 2. The maximum atomic E-state index is 12.7. The van der Waals surface area contributed by atoms with E-state index in [1.807, 2.05) is 6.92 Å². The standard InChI is InChI=1S/C23H25N3O4S2/c1-12-13(2)31-22(26-20(28)14-8-9-14)19(12)23(29)30-11-18(27)25-21-16(10-24)15-6-4-3-5-7-17(15)32-21/h14H,3-9,11H2,1-2H3,(H,25,27)(H,26,28). The van der Waals surface area contributed by atoms with Crippen LogP contribution < -0.4 is 10.6 Å². The summed E-state index contributed by atoms with van der Waals surface area (Å²) in [5, 5.41) is 16.2. The van der Waals surface area contributed by atoms with Gasteiger partial charge >= 0.3 is 5.97 Å². The van der Waals surface area contributed by atoms with Crippen molar-refractivity contribution in [3.63, 3.8) is 0 Å². The smallest absolute Gasteiger partial charge is 0.341 e. The summed E-state index contributed by atoms with van der Waals surface area (Å²) in [4.78, 5) is 39.5. The molecule has 0 unspecified atom stereocenters. The van der Waals surface area contributed by atoms with Crippen molar-refractivity contribution in [2.75, 3.05) is 17.2 Å². The van der Waals surface area contributed by atoms with E-state index in [1.165, 1.54) is 22.7 Å². The van der Waals surface area contributed by atoms with Crippen LogP contribution >= 0.6 is 22.7 Å². The zero-order chi connectivity index (χ0) is 22.8. The van der Waals surface area contributed by atoms with Crippen LogP contribution in [0.25, 0.3) is 0 Å². The molecule has 32 heavy (non-hydrogen) atoms. The molecular weight excluding hydrogens is 446 g/mol. The Balaban J connectivity index is 1.41. The number of hydrogen-bond acceptors (Lipinski definition) is 7. The minimum atomic E-state index is -0.643. The third-order valence-electron chi connectivity index (χ3n) is 5.89. The highest BCUT2D eigenvalue weighted by molar-refractivity contribution is 7.17. The number of rotatable bonds is 6. The van der Waals surface area contributed by atoms with Gasteiger partial charge in [-0.15, -0.1) is 22.7 Å². The number of ether oxygens (including phenoxy) is 1. The lowest BCUT2D eigenvalue weighted by atomic mass is 10.1. The van der Waals surface area contributed by atoms with Gasteiger partial charge in [0.2, 0.25) is 5.91 Å². The van der Waals surface area contributed by atoms with Crippen LogP contribution in [0.3, 0.4) is 0 Å². The van der Waals surface area contributed by atoms with Gasteiger partial charge in [0.1, 0.15) is 16.1 Å². The molecular formula is C23H25N3O4S2. The first kappa shape index (κ1) is 22.5. The maximum Gasteiger partial charge on any atom is 0.341 e. The Morgan fingerprint density at radius 2 is 1.81 bits per heavy atom. The van der Waals surface area contributed by atoms with Gasteiger partial charge in [-0.3, -0.25) is 9.59 Å². The van der Waals surface area contributed by atoms with Crippen LogP contribution in [0.2, 0.25) is 0 Å². The number of nitrogens with one attached hydrogen (secondary N) is 2. The van der Waals surface area contributed by atoms with Crippen LogP contribution in [0.5, 0.6) is 0 Å². The summed E-state index contributed by atoms with van der Waals surface area (Å²) in [5.41, 5.74) is 2.61. The van der Waals surface area contributed by atoms with Crippen molar-refractivity contribution < 1.29 is 19.1 Å². The number of carbonyl (C=O) groups is 3. The van der Waals surface area contributed by atoms with Gasteiger partial charge in [-0.1, -0.05) is 6.42 Å². The first-order valence-electron chi connectivity index (χ1n) is 10.8. The number of fused-ring (bicyclic) bond motifs is 1. The molecule has 168 valence electrons. The zero-order valence-corrected chi connectivity index (χ0v) is 19.8. The molecule has 1 fully saturated rings. The molecule has 9 heteroatoms. The molecule has 2 heterocycles. The zero-order valence-electron chi connectivity index (χ0n) is 18.1. The second-order valence-electron chi connectivity index (χ2n) is 8.26. The lowest BCUT2D eigenvalue weighted by Crippen LogP contribution is -2.22. The van der Waals surface area contributed by atoms with Gasteiger partial charge in [-0.25, -0.2) is 4.79 Å². The average molecular weight is 472 g/mol. The van der Waals surface area contributed by atoms with Crippen molar-refractivity contribution >= 4 is 50.5 Å². The van der Waals surface area contributed by atoms with Gasteiger partial charge in [0, 0.05) is 15.7 Å². The molecule has 4 rings (SSSR count). The molecule has 0 aromatic carbocycles. The summed E-state index contributed by atoms with van der Waals surface area (Å²) in [6.07, 6.45) is 6.79. The predicted molar refractivity (Wildman–Crippen MR) is 124 cm³/mol. The van der Waals surface area contributed by atoms with E-state index in [-0.39, 0.29) is 11.8 Å². The van der Waals surface area contributed by atoms with Crippen molar-refractivity contribution in [2.24, 2.45) is 5.92 Å². The Hall–Kier alpha value is -2.70. The number of nitriles is 1. The monoisotopic (exact) mass is 471 g/mol. The molecule has 7 nitrogen and oxygen atoms in total. The van der Waals surface area contributed by atoms with Crippen molar-refractivity contribution in [3.05, 3.63) is 32.0 Å². The molecule has 2 N–H and O–H groups in total. The maximum absolute atomic E-state index is 12.7. The number of hydrogen-bond donors (Lipinski definition) is 2. The van der Waals surface area contributed by atoms with Crippen molar-refractivity contribution in [1.82, 2.24) is 0 Å². The van der Waals surface area contributed by atoms with Crippen molar-refractivity contribution in [1.29, 1.82) is 5.26 Å². The number of thiophene rings is 2. The largest absolute Gasteiger partial charge is 0.452 e. The quantitative estimate of drug-likeness (QED) is 0.468. The molecule has 2 amide bonds. The van der Waals surface area contributed by atoms with Crippen LogP contribution in [0.4, 0.5) is 10.0 Å². The Morgan fingerprint density at radius 3 is 2.53 bits per heavy atom. The summed E-state index contributed by atoms with van der Waals surface area (Å²) < 4.78 is 5.28. The Bertz CT molecular complexity index is 1120. The van der Waals surface area contributed by atoms with E-state index in [2.05, 4.69) is 16.7 Å². The second-order valence-corrected chi connectivity index (χ2v) is 10.6. The van der Waals surface area contributed by atoms with Gasteiger partial charge in [-0.05, 0) is 63.5 Å². The highest BCUT2D eigenvalue weighted by Gasteiger charge is 2.32. The van der Waals surface area contributed by atoms with Crippen LogP contribution in [0, 0.1) is 31.1 Å². The van der Waals surface area contributed by atoms with Gasteiger partial charge in [0.05, 0.1) is 11.1 Å². The van der Waals surface area contributed by atoms with E-state index in [9.17, 15) is 19.6 Å². The lowest BCUT2D eigenvalue weighted by Gasteiger charge is -2.08. The van der Waals surface area contributed by atoms with Crippen LogP contribution in [0.1, 0.15) is 68.9 Å². The second kappa shape index (κ2) is 9.43. The highest BCUT2D eigenvalue weighted by atomic mass is 32.1. The summed E-state index contributed by atoms with van der Waals surface area (Å²) >= 11 is 2.78. The van der Waals surface area contributed by atoms with E-state index in [0.717, 1.165) is 65.8 Å². The van der Waals surface area contributed by atoms with Crippen LogP contribution in [-0.4, -0.2) is 24.4 Å². The molecule has 2 aliphatic carbocycles.